The lowest BCUT2D eigenvalue weighted by atomic mass is 10.3. The Hall–Kier alpha value is -2.34. The number of nitrogens with zero attached hydrogens (tertiary/aromatic N) is 2. The van der Waals surface area contributed by atoms with Gasteiger partial charge < -0.3 is 14.2 Å². The summed E-state index contributed by atoms with van der Waals surface area (Å²) in [5, 5.41) is 0. The van der Waals surface area contributed by atoms with E-state index in [-0.39, 0.29) is 6.79 Å². The van der Waals surface area contributed by atoms with Gasteiger partial charge in [-0.05, 0) is 34.1 Å². The molecule has 4 rings (SSSR count). The standard InChI is InChI=1S/C15H9BrN2O3/c16-9-5-11-15(18-7-9)13(3-4-17-11)21-10-1-2-12-14(6-10)20-8-19-12/h1-7H,8H2. The highest BCUT2D eigenvalue weighted by molar-refractivity contribution is 9.10. The van der Waals surface area contributed by atoms with Crippen LogP contribution in [0.15, 0.2) is 47.2 Å². The van der Waals surface area contributed by atoms with E-state index in [0.717, 1.165) is 15.7 Å². The lowest BCUT2D eigenvalue weighted by Gasteiger charge is -2.08. The lowest BCUT2D eigenvalue weighted by Crippen LogP contribution is -1.93. The number of hydrogen-bond acceptors (Lipinski definition) is 5. The summed E-state index contributed by atoms with van der Waals surface area (Å²) in [6.45, 7) is 0.243. The van der Waals surface area contributed by atoms with Crippen LogP contribution < -0.4 is 14.2 Å². The molecule has 1 aliphatic rings. The lowest BCUT2D eigenvalue weighted by molar-refractivity contribution is 0.174. The Morgan fingerprint density at radius 1 is 1.05 bits per heavy atom. The fourth-order valence-corrected chi connectivity index (χ4v) is 2.45. The van der Waals surface area contributed by atoms with Gasteiger partial charge >= 0.3 is 0 Å². The SMILES string of the molecule is Brc1cnc2c(Oc3ccc4c(c3)OCO4)ccnc2c1. The van der Waals surface area contributed by atoms with Crippen LogP contribution in [-0.4, -0.2) is 16.8 Å². The number of rotatable bonds is 2. The van der Waals surface area contributed by atoms with Crippen molar-refractivity contribution in [2.24, 2.45) is 0 Å². The minimum absolute atomic E-state index is 0.243. The van der Waals surface area contributed by atoms with Crippen LogP contribution in [0, 0.1) is 0 Å². The maximum absolute atomic E-state index is 5.90. The van der Waals surface area contributed by atoms with E-state index in [9.17, 15) is 0 Å². The molecule has 1 aliphatic heterocycles. The number of ether oxygens (including phenoxy) is 3. The molecule has 0 radical (unpaired) electrons. The van der Waals surface area contributed by atoms with Gasteiger partial charge in [0, 0.05) is 29.0 Å². The molecule has 0 fully saturated rings. The minimum Gasteiger partial charge on any atom is -0.455 e. The largest absolute Gasteiger partial charge is 0.455 e. The molecular weight excluding hydrogens is 336 g/mol. The molecule has 1 aromatic carbocycles. The molecule has 5 nitrogen and oxygen atoms in total. The molecule has 0 spiro atoms. The first kappa shape index (κ1) is 12.4. The van der Waals surface area contributed by atoms with E-state index in [2.05, 4.69) is 25.9 Å². The molecular formula is C15H9BrN2O3. The average Bonchev–Trinajstić information content (AvgIpc) is 2.95. The van der Waals surface area contributed by atoms with Crippen molar-refractivity contribution in [2.45, 2.75) is 0 Å². The monoisotopic (exact) mass is 344 g/mol. The number of aromatic nitrogens is 2. The van der Waals surface area contributed by atoms with E-state index < -0.39 is 0 Å². The molecule has 0 atom stereocenters. The van der Waals surface area contributed by atoms with Gasteiger partial charge in [-0.15, -0.1) is 0 Å². The van der Waals surface area contributed by atoms with Gasteiger partial charge in [0.2, 0.25) is 6.79 Å². The fraction of sp³-hybridized carbons (Fsp3) is 0.0667. The Kier molecular flexibility index (Phi) is 2.89. The zero-order valence-corrected chi connectivity index (χ0v) is 12.3. The van der Waals surface area contributed by atoms with Crippen molar-refractivity contribution in [3.05, 3.63) is 47.2 Å². The molecule has 21 heavy (non-hydrogen) atoms. The summed E-state index contributed by atoms with van der Waals surface area (Å²) < 4.78 is 17.4. The van der Waals surface area contributed by atoms with E-state index in [0.29, 0.717) is 22.8 Å². The van der Waals surface area contributed by atoms with Crippen molar-refractivity contribution in [1.82, 2.24) is 9.97 Å². The molecule has 0 saturated carbocycles. The molecule has 3 heterocycles. The molecule has 104 valence electrons. The first-order chi connectivity index (χ1) is 10.3. The van der Waals surface area contributed by atoms with Crippen LogP contribution in [0.1, 0.15) is 0 Å². The number of hydrogen-bond donors (Lipinski definition) is 0. The Balaban J connectivity index is 1.74. The number of fused-ring (bicyclic) bond motifs is 2. The van der Waals surface area contributed by atoms with Crippen LogP contribution in [-0.2, 0) is 0 Å². The molecule has 0 unspecified atom stereocenters. The number of benzene rings is 1. The first-order valence-corrected chi connectivity index (χ1v) is 7.07. The molecule has 6 heteroatoms. The Labute approximate surface area is 128 Å². The summed E-state index contributed by atoms with van der Waals surface area (Å²) in [5.74, 6) is 2.72. The molecule has 3 aromatic rings. The quantitative estimate of drug-likeness (QED) is 0.705. The normalized spacial score (nSPS) is 12.6. The summed E-state index contributed by atoms with van der Waals surface area (Å²) in [6, 6.07) is 9.14. The average molecular weight is 345 g/mol. The van der Waals surface area contributed by atoms with Gasteiger partial charge in [-0.3, -0.25) is 4.98 Å². The number of pyridine rings is 2. The van der Waals surface area contributed by atoms with E-state index in [1.54, 1.807) is 24.5 Å². The van der Waals surface area contributed by atoms with Crippen LogP contribution in [0.5, 0.6) is 23.0 Å². The fourth-order valence-electron chi connectivity index (χ4n) is 2.13. The van der Waals surface area contributed by atoms with E-state index in [1.165, 1.54) is 0 Å². The third kappa shape index (κ3) is 2.27. The summed E-state index contributed by atoms with van der Waals surface area (Å²) >= 11 is 3.38. The van der Waals surface area contributed by atoms with Gasteiger partial charge in [0.15, 0.2) is 17.2 Å². The zero-order valence-electron chi connectivity index (χ0n) is 10.7. The third-order valence-corrected chi connectivity index (χ3v) is 3.51. The second-order valence-corrected chi connectivity index (χ2v) is 5.36. The highest BCUT2D eigenvalue weighted by atomic mass is 79.9. The van der Waals surface area contributed by atoms with Gasteiger partial charge in [0.1, 0.15) is 11.3 Å². The van der Waals surface area contributed by atoms with Gasteiger partial charge in [-0.1, -0.05) is 0 Å². The van der Waals surface area contributed by atoms with E-state index in [4.69, 9.17) is 14.2 Å². The Morgan fingerprint density at radius 2 is 1.95 bits per heavy atom. The topological polar surface area (TPSA) is 53.5 Å². The zero-order chi connectivity index (χ0) is 14.2. The van der Waals surface area contributed by atoms with Gasteiger partial charge in [0.25, 0.3) is 0 Å². The third-order valence-electron chi connectivity index (χ3n) is 3.08. The molecule has 2 aromatic heterocycles. The summed E-state index contributed by atoms with van der Waals surface area (Å²) in [5.41, 5.74) is 1.47. The highest BCUT2D eigenvalue weighted by Gasteiger charge is 2.14. The van der Waals surface area contributed by atoms with Crippen LogP contribution in [0.25, 0.3) is 11.0 Å². The van der Waals surface area contributed by atoms with Crippen LogP contribution in [0.4, 0.5) is 0 Å². The first-order valence-electron chi connectivity index (χ1n) is 6.27. The minimum atomic E-state index is 0.243. The molecule has 0 amide bonds. The summed E-state index contributed by atoms with van der Waals surface area (Å²) in [4.78, 5) is 8.64. The molecule has 0 N–H and O–H groups in total. The van der Waals surface area contributed by atoms with Crippen molar-refractivity contribution >= 4 is 27.0 Å². The van der Waals surface area contributed by atoms with E-state index in [1.807, 2.05) is 18.2 Å². The maximum Gasteiger partial charge on any atom is 0.231 e. The summed E-state index contributed by atoms with van der Waals surface area (Å²) in [7, 11) is 0. The Bertz CT molecular complexity index is 838. The van der Waals surface area contributed by atoms with Crippen molar-refractivity contribution in [3.8, 4) is 23.0 Å². The summed E-state index contributed by atoms with van der Waals surface area (Å²) in [6.07, 6.45) is 3.41. The smallest absolute Gasteiger partial charge is 0.231 e. The molecule has 0 bridgehead atoms. The van der Waals surface area contributed by atoms with Gasteiger partial charge in [0.05, 0.1) is 5.52 Å². The van der Waals surface area contributed by atoms with Crippen LogP contribution >= 0.6 is 15.9 Å². The van der Waals surface area contributed by atoms with Crippen molar-refractivity contribution < 1.29 is 14.2 Å². The predicted molar refractivity (Wildman–Crippen MR) is 79.9 cm³/mol. The molecule has 0 aliphatic carbocycles. The van der Waals surface area contributed by atoms with E-state index >= 15 is 0 Å². The predicted octanol–water partition coefficient (Wildman–Crippen LogP) is 3.91. The second kappa shape index (κ2) is 4.89. The van der Waals surface area contributed by atoms with Gasteiger partial charge in [-0.25, -0.2) is 4.98 Å². The van der Waals surface area contributed by atoms with Crippen LogP contribution in [0.3, 0.4) is 0 Å². The van der Waals surface area contributed by atoms with Crippen molar-refractivity contribution in [1.29, 1.82) is 0 Å². The van der Waals surface area contributed by atoms with Crippen molar-refractivity contribution in [3.63, 3.8) is 0 Å². The molecule has 0 saturated heterocycles. The second-order valence-electron chi connectivity index (χ2n) is 4.45. The van der Waals surface area contributed by atoms with Gasteiger partial charge in [-0.2, -0.15) is 0 Å². The van der Waals surface area contributed by atoms with Crippen molar-refractivity contribution in [2.75, 3.05) is 6.79 Å². The maximum atomic E-state index is 5.90. The highest BCUT2D eigenvalue weighted by Crippen LogP contribution is 2.37. The number of halogens is 1. The Morgan fingerprint density at radius 3 is 2.90 bits per heavy atom. The van der Waals surface area contributed by atoms with Crippen LogP contribution in [0.2, 0.25) is 0 Å².